The Kier molecular flexibility index (Phi) is 12.1. The number of piperazine rings is 1. The maximum absolute atomic E-state index is 13.9. The fourth-order valence-corrected chi connectivity index (χ4v) is 7.02. The number of aromatic nitrogens is 2. The van der Waals surface area contributed by atoms with Crippen LogP contribution in [0.5, 0.6) is 5.75 Å². The second-order valence-corrected chi connectivity index (χ2v) is 13.9. The molecule has 282 valence electrons. The highest BCUT2D eigenvalue weighted by Gasteiger charge is 2.37. The van der Waals surface area contributed by atoms with Crippen LogP contribution in [0.1, 0.15) is 34.7 Å². The van der Waals surface area contributed by atoms with Crippen molar-refractivity contribution < 1.29 is 37.7 Å². The molecule has 2 aliphatic rings. The zero-order chi connectivity index (χ0) is 37.5. The number of hydrogen-bond acceptors (Lipinski definition) is 8. The van der Waals surface area contributed by atoms with Gasteiger partial charge in [-0.25, -0.2) is 0 Å². The number of pyridine rings is 1. The third-order valence-electron chi connectivity index (χ3n) is 9.76. The number of rotatable bonds is 13. The van der Waals surface area contributed by atoms with Crippen LogP contribution in [0.2, 0.25) is 0 Å². The quantitative estimate of drug-likeness (QED) is 0.164. The van der Waals surface area contributed by atoms with Gasteiger partial charge in [-0.1, -0.05) is 42.0 Å². The van der Waals surface area contributed by atoms with Crippen molar-refractivity contribution in [1.29, 1.82) is 0 Å². The summed E-state index contributed by atoms with van der Waals surface area (Å²) >= 11 is 0. The van der Waals surface area contributed by atoms with Crippen LogP contribution in [0.4, 0.5) is 13.2 Å². The number of nitrogens with one attached hydrogen (secondary N) is 2. The van der Waals surface area contributed by atoms with Gasteiger partial charge in [0.05, 0.1) is 12.1 Å². The molecule has 0 radical (unpaired) electrons. The standard InChI is InChI=1S/C39H45F3N6O5/c1-26-8-10-30(11-9-26)47-14-12-28(21-47)20-46-15-16-48(33(23-46)38(52)44-25-39(40,41)42)22-31(49)18-29(17-27-5-4-13-43-19-27)37(51)45-36-32-6-2-3-7-35(32)53-24-34(36)50/h2-14,19,21,29,31,33-34,36,49-50H,15-18,20,22-25H2,1H3,(H,44,52)(H,45,51)/t29-,31+,33+,34-,36+/m1/s1. The molecule has 2 amide bonds. The average molecular weight is 735 g/mol. The lowest BCUT2D eigenvalue weighted by Gasteiger charge is -2.41. The molecule has 53 heavy (non-hydrogen) atoms. The number of halogens is 3. The van der Waals surface area contributed by atoms with Crippen LogP contribution < -0.4 is 15.4 Å². The number of β-amino-alcohol motifs (C(OH)–C–C–N with tert-alkyl or cyclic N) is 1. The van der Waals surface area contributed by atoms with E-state index >= 15 is 0 Å². The topological polar surface area (TPSA) is 132 Å². The fraction of sp³-hybridized carbons (Fsp3) is 0.410. The van der Waals surface area contributed by atoms with E-state index in [2.05, 4.69) is 10.3 Å². The molecule has 1 fully saturated rings. The van der Waals surface area contributed by atoms with Crippen LogP contribution in [0, 0.1) is 12.8 Å². The molecule has 4 heterocycles. The average Bonchev–Trinajstić information content (AvgIpc) is 3.61. The minimum atomic E-state index is -4.58. The summed E-state index contributed by atoms with van der Waals surface area (Å²) in [5.74, 6) is -1.37. The first-order valence-corrected chi connectivity index (χ1v) is 17.7. The summed E-state index contributed by atoms with van der Waals surface area (Å²) in [6, 6.07) is 19.1. The van der Waals surface area contributed by atoms with E-state index in [1.54, 1.807) is 47.6 Å². The van der Waals surface area contributed by atoms with Crippen molar-refractivity contribution in [2.24, 2.45) is 5.92 Å². The van der Waals surface area contributed by atoms with Crippen LogP contribution >= 0.6 is 0 Å². The Labute approximate surface area is 306 Å². The Bertz CT molecular complexity index is 1820. The summed E-state index contributed by atoms with van der Waals surface area (Å²) in [4.78, 5) is 35.1. The number of carbonyl (C=O) groups is 2. The van der Waals surface area contributed by atoms with Crippen molar-refractivity contribution in [1.82, 2.24) is 30.0 Å². The number of aryl methyl sites for hydroxylation is 1. The molecule has 0 unspecified atom stereocenters. The highest BCUT2D eigenvalue weighted by atomic mass is 19.4. The summed E-state index contributed by atoms with van der Waals surface area (Å²) in [6.45, 7) is 1.95. The number of aliphatic hydroxyl groups is 2. The van der Waals surface area contributed by atoms with Crippen molar-refractivity contribution in [2.45, 2.75) is 56.8 Å². The molecule has 5 atom stereocenters. The van der Waals surface area contributed by atoms with Gasteiger partial charge >= 0.3 is 6.18 Å². The Morgan fingerprint density at radius 1 is 1.04 bits per heavy atom. The Hall–Kier alpha value is -4.76. The smallest absolute Gasteiger partial charge is 0.405 e. The number of alkyl halides is 3. The second kappa shape index (κ2) is 16.9. The molecule has 11 nitrogen and oxygen atoms in total. The zero-order valence-corrected chi connectivity index (χ0v) is 29.5. The number of aliphatic hydroxyl groups excluding tert-OH is 2. The molecular formula is C39H45F3N6O5. The van der Waals surface area contributed by atoms with Gasteiger partial charge in [0, 0.05) is 74.7 Å². The third-order valence-corrected chi connectivity index (χ3v) is 9.76. The maximum Gasteiger partial charge on any atom is 0.405 e. The summed E-state index contributed by atoms with van der Waals surface area (Å²) in [5, 5.41) is 27.2. The Morgan fingerprint density at radius 2 is 1.83 bits per heavy atom. The van der Waals surface area contributed by atoms with Crippen molar-refractivity contribution in [2.75, 3.05) is 39.3 Å². The van der Waals surface area contributed by atoms with Crippen LogP contribution in [-0.2, 0) is 22.6 Å². The SMILES string of the molecule is Cc1ccc(-n2ccc(CN3CCN(C[C@@H](O)C[C@@H](Cc4cccnc4)C(=O)N[C@H]4c5ccccc5OC[C@H]4O)[C@H](C(=O)NCC(F)(F)F)C3)c2)cc1. The van der Waals surface area contributed by atoms with Gasteiger partial charge in [0.15, 0.2) is 0 Å². The fourth-order valence-electron chi connectivity index (χ4n) is 7.02. The summed E-state index contributed by atoms with van der Waals surface area (Å²) in [6.07, 6.45) is 0.734. The number of ether oxygens (including phenoxy) is 1. The molecule has 0 spiro atoms. The molecular weight excluding hydrogens is 689 g/mol. The molecule has 4 N–H and O–H groups in total. The van der Waals surface area contributed by atoms with Crippen molar-refractivity contribution >= 4 is 11.8 Å². The normalized spacial score (nSPS) is 20.5. The predicted molar refractivity (Wildman–Crippen MR) is 191 cm³/mol. The molecule has 2 aromatic carbocycles. The van der Waals surface area contributed by atoms with E-state index in [1.165, 1.54) is 0 Å². The number of carbonyl (C=O) groups excluding carboxylic acids is 2. The van der Waals surface area contributed by atoms with Crippen molar-refractivity contribution in [3.8, 4) is 11.4 Å². The maximum atomic E-state index is 13.9. The molecule has 1 saturated heterocycles. The minimum absolute atomic E-state index is 0.000199. The van der Waals surface area contributed by atoms with E-state index in [9.17, 15) is 33.0 Å². The zero-order valence-electron chi connectivity index (χ0n) is 29.5. The van der Waals surface area contributed by atoms with Gasteiger partial charge in [-0.15, -0.1) is 0 Å². The van der Waals surface area contributed by atoms with Crippen molar-refractivity contribution in [3.63, 3.8) is 0 Å². The predicted octanol–water partition coefficient (Wildman–Crippen LogP) is 3.57. The van der Waals surface area contributed by atoms with Gasteiger partial charge in [-0.3, -0.25) is 24.4 Å². The molecule has 6 rings (SSSR count). The van der Waals surface area contributed by atoms with E-state index in [0.29, 0.717) is 30.9 Å². The molecule has 0 saturated carbocycles. The van der Waals surface area contributed by atoms with E-state index in [0.717, 1.165) is 22.4 Å². The number of fused-ring (bicyclic) bond motifs is 1. The van der Waals surface area contributed by atoms with Crippen LogP contribution in [0.25, 0.3) is 5.69 Å². The Morgan fingerprint density at radius 3 is 2.58 bits per heavy atom. The molecule has 0 bridgehead atoms. The third kappa shape index (κ3) is 10.2. The first-order chi connectivity index (χ1) is 25.4. The molecule has 4 aromatic rings. The molecule has 2 aromatic heterocycles. The lowest BCUT2D eigenvalue weighted by atomic mass is 9.91. The number of hydrogen-bond donors (Lipinski definition) is 4. The highest BCUT2D eigenvalue weighted by molar-refractivity contribution is 5.82. The van der Waals surface area contributed by atoms with E-state index in [-0.39, 0.29) is 32.5 Å². The van der Waals surface area contributed by atoms with Crippen LogP contribution in [0.15, 0.2) is 91.5 Å². The summed E-state index contributed by atoms with van der Waals surface area (Å²) < 4.78 is 47.1. The monoisotopic (exact) mass is 734 g/mol. The number of benzene rings is 2. The van der Waals surface area contributed by atoms with Gasteiger partial charge < -0.3 is 30.2 Å². The lowest BCUT2D eigenvalue weighted by molar-refractivity contribution is -0.143. The van der Waals surface area contributed by atoms with Gasteiger partial charge in [0.2, 0.25) is 11.8 Å². The molecule has 14 heteroatoms. The Balaban J connectivity index is 1.14. The first-order valence-electron chi connectivity index (χ1n) is 17.7. The van der Waals surface area contributed by atoms with E-state index < -0.39 is 54.7 Å². The van der Waals surface area contributed by atoms with E-state index in [4.69, 9.17) is 4.74 Å². The van der Waals surface area contributed by atoms with Gasteiger partial charge in [0.25, 0.3) is 0 Å². The first kappa shape index (κ1) is 38.0. The van der Waals surface area contributed by atoms with Crippen LogP contribution in [-0.4, -0.2) is 105 Å². The molecule has 2 aliphatic heterocycles. The van der Waals surface area contributed by atoms with Crippen molar-refractivity contribution in [3.05, 3.63) is 114 Å². The van der Waals surface area contributed by atoms with E-state index in [1.807, 2.05) is 70.5 Å². The number of amides is 2. The molecule has 0 aliphatic carbocycles. The minimum Gasteiger partial charge on any atom is -0.490 e. The summed E-state index contributed by atoms with van der Waals surface area (Å²) in [7, 11) is 0. The number of nitrogens with zero attached hydrogens (tertiary/aromatic N) is 4. The van der Waals surface area contributed by atoms with Gasteiger partial charge in [0.1, 0.15) is 31.0 Å². The highest BCUT2D eigenvalue weighted by Crippen LogP contribution is 2.32. The largest absolute Gasteiger partial charge is 0.490 e. The number of para-hydroxylation sites is 1. The summed E-state index contributed by atoms with van der Waals surface area (Å²) in [5.41, 5.74) is 4.52. The van der Waals surface area contributed by atoms with Gasteiger partial charge in [-0.2, -0.15) is 13.2 Å². The second-order valence-electron chi connectivity index (χ2n) is 13.9. The van der Waals surface area contributed by atoms with Gasteiger partial charge in [-0.05, 0) is 61.2 Å². The van der Waals surface area contributed by atoms with Crippen LogP contribution in [0.3, 0.4) is 0 Å². The lowest BCUT2D eigenvalue weighted by Crippen LogP contribution is -2.60.